The third kappa shape index (κ3) is 1.63. The van der Waals surface area contributed by atoms with Crippen LogP contribution in [-0.4, -0.2) is 33.9 Å². The first kappa shape index (κ1) is 10.2. The van der Waals surface area contributed by atoms with Crippen molar-refractivity contribution in [3.8, 4) is 0 Å². The van der Waals surface area contributed by atoms with E-state index in [0.29, 0.717) is 5.69 Å². The Morgan fingerprint density at radius 2 is 2.33 bits per heavy atom. The first-order chi connectivity index (χ1) is 7.11. The number of nitrogens with zero attached hydrogens (tertiary/aromatic N) is 2. The molecule has 0 unspecified atom stereocenters. The van der Waals surface area contributed by atoms with Crippen molar-refractivity contribution in [1.29, 1.82) is 0 Å². The molecule has 0 aliphatic carbocycles. The fraction of sp³-hybridized carbons (Fsp3) is 0.600. The molecular weight excluding hydrogens is 194 g/mol. The molecule has 2 heterocycles. The van der Waals surface area contributed by atoms with E-state index in [1.165, 1.54) is 0 Å². The maximum absolute atomic E-state index is 11.1. The maximum Gasteiger partial charge on any atom is 0.354 e. The largest absolute Gasteiger partial charge is 0.477 e. The molecule has 1 aliphatic heterocycles. The fourth-order valence-electron chi connectivity index (χ4n) is 2.00. The van der Waals surface area contributed by atoms with E-state index in [0.717, 1.165) is 30.8 Å². The molecule has 1 aliphatic rings. The quantitative estimate of drug-likeness (QED) is 0.753. The van der Waals surface area contributed by atoms with Gasteiger partial charge < -0.3 is 10.4 Å². The van der Waals surface area contributed by atoms with Gasteiger partial charge in [0.25, 0.3) is 0 Å². The molecule has 2 N–H and O–H groups in total. The maximum atomic E-state index is 11.1. The molecule has 1 aromatic rings. The Labute approximate surface area is 88.1 Å². The van der Waals surface area contributed by atoms with Crippen LogP contribution in [0.2, 0.25) is 0 Å². The molecule has 5 nitrogen and oxygen atoms in total. The number of rotatable bonds is 2. The molecule has 0 radical (unpaired) electrons. The van der Waals surface area contributed by atoms with Crippen LogP contribution in [-0.2, 0) is 0 Å². The molecule has 2 rings (SSSR count). The molecular formula is C10H15N3O2. The zero-order valence-electron chi connectivity index (χ0n) is 8.95. The van der Waals surface area contributed by atoms with E-state index < -0.39 is 5.97 Å². The van der Waals surface area contributed by atoms with Gasteiger partial charge in [-0.05, 0) is 26.8 Å². The zero-order chi connectivity index (χ0) is 11.0. The van der Waals surface area contributed by atoms with Crippen molar-refractivity contribution in [2.24, 2.45) is 0 Å². The predicted octanol–water partition coefficient (Wildman–Crippen LogP) is 0.733. The number of carboxylic acid groups (broad SMARTS) is 1. The predicted molar refractivity (Wildman–Crippen MR) is 55.2 cm³/mol. The molecule has 82 valence electrons. The molecule has 0 aromatic carbocycles. The lowest BCUT2D eigenvalue weighted by molar-refractivity contribution is 0.0680. The van der Waals surface area contributed by atoms with Gasteiger partial charge in [0.2, 0.25) is 0 Å². The van der Waals surface area contributed by atoms with Gasteiger partial charge in [0.1, 0.15) is 5.69 Å². The molecule has 1 fully saturated rings. The number of aryl methyl sites for hydroxylation is 1. The summed E-state index contributed by atoms with van der Waals surface area (Å²) in [5.74, 6) is -0.889. The molecule has 0 amide bonds. The van der Waals surface area contributed by atoms with E-state index in [1.54, 1.807) is 4.68 Å². The molecule has 0 spiro atoms. The summed E-state index contributed by atoms with van der Waals surface area (Å²) in [5, 5.41) is 16.7. The van der Waals surface area contributed by atoms with Gasteiger partial charge in [-0.1, -0.05) is 0 Å². The van der Waals surface area contributed by atoms with Crippen LogP contribution >= 0.6 is 0 Å². The van der Waals surface area contributed by atoms with Crippen molar-refractivity contribution in [3.05, 3.63) is 17.0 Å². The molecule has 15 heavy (non-hydrogen) atoms. The second-order valence-corrected chi connectivity index (χ2v) is 3.96. The highest BCUT2D eigenvalue weighted by atomic mass is 16.4. The Bertz CT molecular complexity index is 392. The second kappa shape index (κ2) is 3.66. The number of hydrogen-bond donors (Lipinski definition) is 2. The van der Waals surface area contributed by atoms with Crippen LogP contribution < -0.4 is 5.32 Å². The summed E-state index contributed by atoms with van der Waals surface area (Å²) in [5.41, 5.74) is 1.91. The Hall–Kier alpha value is -1.36. The topological polar surface area (TPSA) is 67.2 Å². The van der Waals surface area contributed by atoms with Crippen molar-refractivity contribution in [2.45, 2.75) is 26.3 Å². The first-order valence-corrected chi connectivity index (χ1v) is 5.11. The number of aromatic carboxylic acids is 1. The second-order valence-electron chi connectivity index (χ2n) is 3.96. The van der Waals surface area contributed by atoms with E-state index in [2.05, 4.69) is 10.4 Å². The van der Waals surface area contributed by atoms with Gasteiger partial charge in [-0.3, -0.25) is 4.68 Å². The van der Waals surface area contributed by atoms with Crippen LogP contribution in [0.1, 0.15) is 34.2 Å². The lowest BCUT2D eigenvalue weighted by Crippen LogP contribution is -2.19. The number of aromatic nitrogens is 2. The highest BCUT2D eigenvalue weighted by molar-refractivity contribution is 5.87. The summed E-state index contributed by atoms with van der Waals surface area (Å²) >= 11 is 0. The average Bonchev–Trinajstić information content (AvgIpc) is 2.75. The number of nitrogens with one attached hydrogen (secondary N) is 1. The Morgan fingerprint density at radius 3 is 2.87 bits per heavy atom. The Morgan fingerprint density at radius 1 is 1.60 bits per heavy atom. The minimum Gasteiger partial charge on any atom is -0.477 e. The smallest absolute Gasteiger partial charge is 0.354 e. The Balaban J connectivity index is 2.45. The van der Waals surface area contributed by atoms with Crippen molar-refractivity contribution in [1.82, 2.24) is 15.1 Å². The van der Waals surface area contributed by atoms with Crippen LogP contribution in [0.3, 0.4) is 0 Å². The summed E-state index contributed by atoms with van der Waals surface area (Å²) in [4.78, 5) is 11.1. The highest BCUT2D eigenvalue weighted by Crippen LogP contribution is 2.21. The SMILES string of the molecule is Cc1nn([C@H]2CCNC2)c(C(=O)O)c1C. The van der Waals surface area contributed by atoms with Gasteiger partial charge in [0.05, 0.1) is 11.7 Å². The lowest BCUT2D eigenvalue weighted by atomic mass is 10.2. The number of hydrogen-bond acceptors (Lipinski definition) is 3. The van der Waals surface area contributed by atoms with Gasteiger partial charge in [0.15, 0.2) is 0 Å². The molecule has 1 atom stereocenters. The summed E-state index contributed by atoms with van der Waals surface area (Å²) < 4.78 is 1.66. The van der Waals surface area contributed by atoms with Crippen LogP contribution in [0.5, 0.6) is 0 Å². The summed E-state index contributed by atoms with van der Waals surface area (Å²) in [6.45, 7) is 5.40. The minimum atomic E-state index is -0.889. The van der Waals surface area contributed by atoms with Gasteiger partial charge in [-0.15, -0.1) is 0 Å². The number of carboxylic acids is 1. The first-order valence-electron chi connectivity index (χ1n) is 5.11. The third-order valence-electron chi connectivity index (χ3n) is 2.97. The van der Waals surface area contributed by atoms with Gasteiger partial charge >= 0.3 is 5.97 Å². The summed E-state index contributed by atoms with van der Waals surface area (Å²) in [7, 11) is 0. The van der Waals surface area contributed by atoms with Gasteiger partial charge in [-0.2, -0.15) is 5.10 Å². The van der Waals surface area contributed by atoms with E-state index >= 15 is 0 Å². The van der Waals surface area contributed by atoms with E-state index in [-0.39, 0.29) is 6.04 Å². The normalized spacial score (nSPS) is 20.8. The minimum absolute atomic E-state index is 0.184. The van der Waals surface area contributed by atoms with Crippen molar-refractivity contribution in [2.75, 3.05) is 13.1 Å². The Kier molecular flexibility index (Phi) is 2.48. The zero-order valence-corrected chi connectivity index (χ0v) is 8.95. The molecule has 0 bridgehead atoms. The third-order valence-corrected chi connectivity index (χ3v) is 2.97. The van der Waals surface area contributed by atoms with Crippen molar-refractivity contribution < 1.29 is 9.90 Å². The van der Waals surface area contributed by atoms with Crippen molar-refractivity contribution in [3.63, 3.8) is 0 Å². The van der Waals surface area contributed by atoms with Crippen LogP contribution in [0.15, 0.2) is 0 Å². The highest BCUT2D eigenvalue weighted by Gasteiger charge is 2.25. The van der Waals surface area contributed by atoms with E-state index in [4.69, 9.17) is 5.11 Å². The monoisotopic (exact) mass is 209 g/mol. The molecule has 1 saturated heterocycles. The lowest BCUT2D eigenvalue weighted by Gasteiger charge is -2.11. The molecule has 5 heteroatoms. The van der Waals surface area contributed by atoms with E-state index in [9.17, 15) is 4.79 Å². The van der Waals surface area contributed by atoms with Crippen LogP contribution in [0, 0.1) is 13.8 Å². The molecule has 1 aromatic heterocycles. The van der Waals surface area contributed by atoms with Crippen LogP contribution in [0.25, 0.3) is 0 Å². The average molecular weight is 209 g/mol. The van der Waals surface area contributed by atoms with Crippen molar-refractivity contribution >= 4 is 5.97 Å². The van der Waals surface area contributed by atoms with E-state index in [1.807, 2.05) is 13.8 Å². The molecule has 0 saturated carbocycles. The standard InChI is InChI=1S/C10H15N3O2/c1-6-7(2)12-13(9(6)10(14)15)8-3-4-11-5-8/h8,11H,3-5H2,1-2H3,(H,14,15)/t8-/m0/s1. The van der Waals surface area contributed by atoms with Crippen LogP contribution in [0.4, 0.5) is 0 Å². The van der Waals surface area contributed by atoms with Gasteiger partial charge in [0, 0.05) is 12.1 Å². The fourth-order valence-corrected chi connectivity index (χ4v) is 2.00. The summed E-state index contributed by atoms with van der Waals surface area (Å²) in [6.07, 6.45) is 0.945. The van der Waals surface area contributed by atoms with Gasteiger partial charge in [-0.25, -0.2) is 4.79 Å². The number of carbonyl (C=O) groups is 1. The summed E-state index contributed by atoms with van der Waals surface area (Å²) in [6, 6.07) is 0.184.